The molecule has 1 aromatic rings. The van der Waals surface area contributed by atoms with Crippen LogP contribution in [0, 0.1) is 0 Å². The number of hydrogen-bond donors (Lipinski definition) is 1. The molecule has 0 saturated heterocycles. The van der Waals surface area contributed by atoms with E-state index in [-0.39, 0.29) is 5.60 Å². The largest absolute Gasteiger partial charge is 0.384 e. The summed E-state index contributed by atoms with van der Waals surface area (Å²) in [5.74, 6) is 0. The van der Waals surface area contributed by atoms with Crippen molar-refractivity contribution in [1.82, 2.24) is 9.78 Å². The first-order valence-electron chi connectivity index (χ1n) is 5.99. The summed E-state index contributed by atoms with van der Waals surface area (Å²) < 4.78 is 7.57. The number of rotatable bonds is 4. The van der Waals surface area contributed by atoms with Gasteiger partial charge in [-0.05, 0) is 25.8 Å². The summed E-state index contributed by atoms with van der Waals surface area (Å²) in [5, 5.41) is 14.6. The average Bonchev–Trinajstić information content (AvgIpc) is 2.87. The Morgan fingerprint density at radius 2 is 2.25 bits per heavy atom. The SMILES string of the molecule is CCOC1(C(O)c2ccnn2C)CCCC1. The van der Waals surface area contributed by atoms with Crippen LogP contribution in [-0.2, 0) is 11.8 Å². The molecule has 0 aromatic carbocycles. The zero-order chi connectivity index (χ0) is 11.6. The van der Waals surface area contributed by atoms with E-state index in [9.17, 15) is 5.11 Å². The van der Waals surface area contributed by atoms with Crippen molar-refractivity contribution in [3.63, 3.8) is 0 Å². The fourth-order valence-electron chi connectivity index (χ4n) is 2.68. The van der Waals surface area contributed by atoms with Crippen molar-refractivity contribution < 1.29 is 9.84 Å². The number of aliphatic hydroxyl groups excluding tert-OH is 1. The van der Waals surface area contributed by atoms with Crippen LogP contribution < -0.4 is 0 Å². The lowest BCUT2D eigenvalue weighted by atomic mass is 9.92. The normalized spacial score (nSPS) is 21.2. The smallest absolute Gasteiger partial charge is 0.124 e. The van der Waals surface area contributed by atoms with Gasteiger partial charge in [-0.25, -0.2) is 0 Å². The van der Waals surface area contributed by atoms with Crippen molar-refractivity contribution in [2.45, 2.75) is 44.3 Å². The molecular weight excluding hydrogens is 204 g/mol. The molecule has 1 atom stereocenters. The van der Waals surface area contributed by atoms with Gasteiger partial charge in [0, 0.05) is 19.9 Å². The van der Waals surface area contributed by atoms with Crippen molar-refractivity contribution in [1.29, 1.82) is 0 Å². The molecule has 4 nitrogen and oxygen atoms in total. The molecule has 1 saturated carbocycles. The lowest BCUT2D eigenvalue weighted by molar-refractivity contribution is -0.121. The Morgan fingerprint density at radius 1 is 1.56 bits per heavy atom. The molecule has 1 heterocycles. The number of aliphatic hydroxyl groups is 1. The van der Waals surface area contributed by atoms with Gasteiger partial charge in [-0.1, -0.05) is 12.8 Å². The quantitative estimate of drug-likeness (QED) is 0.848. The highest BCUT2D eigenvalue weighted by Gasteiger charge is 2.43. The van der Waals surface area contributed by atoms with E-state index < -0.39 is 6.10 Å². The van der Waals surface area contributed by atoms with Gasteiger partial charge in [0.05, 0.1) is 11.3 Å². The summed E-state index contributed by atoms with van der Waals surface area (Å²) >= 11 is 0. The average molecular weight is 224 g/mol. The highest BCUT2D eigenvalue weighted by atomic mass is 16.5. The summed E-state index contributed by atoms with van der Waals surface area (Å²) in [6.07, 6.45) is 5.29. The van der Waals surface area contributed by atoms with Gasteiger partial charge < -0.3 is 9.84 Å². The number of aryl methyl sites for hydroxylation is 1. The van der Waals surface area contributed by atoms with Crippen molar-refractivity contribution in [3.05, 3.63) is 18.0 Å². The monoisotopic (exact) mass is 224 g/mol. The van der Waals surface area contributed by atoms with Gasteiger partial charge in [-0.15, -0.1) is 0 Å². The van der Waals surface area contributed by atoms with Crippen molar-refractivity contribution in [2.75, 3.05) is 6.61 Å². The van der Waals surface area contributed by atoms with Crippen LogP contribution in [0.15, 0.2) is 12.3 Å². The summed E-state index contributed by atoms with van der Waals surface area (Å²) in [4.78, 5) is 0. The fourth-order valence-corrected chi connectivity index (χ4v) is 2.68. The minimum absolute atomic E-state index is 0.386. The van der Waals surface area contributed by atoms with E-state index in [0.29, 0.717) is 6.61 Å². The van der Waals surface area contributed by atoms with Gasteiger partial charge in [0.15, 0.2) is 0 Å². The molecule has 0 aliphatic heterocycles. The Bertz CT molecular complexity index is 343. The number of hydrogen-bond acceptors (Lipinski definition) is 3. The van der Waals surface area contributed by atoms with Crippen LogP contribution >= 0.6 is 0 Å². The zero-order valence-corrected chi connectivity index (χ0v) is 10.0. The van der Waals surface area contributed by atoms with Crippen molar-refractivity contribution >= 4 is 0 Å². The van der Waals surface area contributed by atoms with E-state index in [1.54, 1.807) is 10.9 Å². The number of aromatic nitrogens is 2. The fraction of sp³-hybridized carbons (Fsp3) is 0.750. The first-order valence-corrected chi connectivity index (χ1v) is 5.99. The molecule has 0 bridgehead atoms. The molecule has 1 aliphatic rings. The van der Waals surface area contributed by atoms with E-state index >= 15 is 0 Å². The van der Waals surface area contributed by atoms with E-state index in [1.165, 1.54) is 0 Å². The first-order chi connectivity index (χ1) is 7.69. The second-order valence-corrected chi connectivity index (χ2v) is 4.49. The highest BCUT2D eigenvalue weighted by Crippen LogP contribution is 2.42. The van der Waals surface area contributed by atoms with Gasteiger partial charge in [-0.2, -0.15) is 5.10 Å². The molecule has 0 radical (unpaired) electrons. The molecule has 1 N–H and O–H groups in total. The third-order valence-electron chi connectivity index (χ3n) is 3.52. The Balaban J connectivity index is 2.23. The molecule has 2 rings (SSSR count). The Labute approximate surface area is 96.2 Å². The Morgan fingerprint density at radius 3 is 2.75 bits per heavy atom. The molecular formula is C12H20N2O2. The minimum Gasteiger partial charge on any atom is -0.384 e. The molecule has 1 unspecified atom stereocenters. The van der Waals surface area contributed by atoms with E-state index in [4.69, 9.17) is 4.74 Å². The molecule has 1 aromatic heterocycles. The van der Waals surface area contributed by atoms with E-state index in [0.717, 1.165) is 31.4 Å². The zero-order valence-electron chi connectivity index (χ0n) is 10.0. The molecule has 1 aliphatic carbocycles. The van der Waals surface area contributed by atoms with Crippen LogP contribution in [0.2, 0.25) is 0 Å². The predicted octanol–water partition coefficient (Wildman–Crippen LogP) is 1.80. The third kappa shape index (κ3) is 1.87. The lowest BCUT2D eigenvalue weighted by Crippen LogP contribution is -2.37. The number of nitrogens with zero attached hydrogens (tertiary/aromatic N) is 2. The first kappa shape index (κ1) is 11.6. The Kier molecular flexibility index (Phi) is 3.30. The maximum Gasteiger partial charge on any atom is 0.124 e. The van der Waals surface area contributed by atoms with Crippen LogP contribution in [0.3, 0.4) is 0 Å². The van der Waals surface area contributed by atoms with Gasteiger partial charge in [-0.3, -0.25) is 4.68 Å². The second kappa shape index (κ2) is 4.55. The van der Waals surface area contributed by atoms with Crippen molar-refractivity contribution in [3.8, 4) is 0 Å². The Hall–Kier alpha value is -0.870. The second-order valence-electron chi connectivity index (χ2n) is 4.49. The van der Waals surface area contributed by atoms with Gasteiger partial charge in [0.2, 0.25) is 0 Å². The van der Waals surface area contributed by atoms with E-state index in [1.807, 2.05) is 20.0 Å². The summed E-state index contributed by atoms with van der Waals surface area (Å²) in [7, 11) is 1.85. The molecule has 1 fully saturated rings. The third-order valence-corrected chi connectivity index (χ3v) is 3.52. The summed E-state index contributed by atoms with van der Waals surface area (Å²) in [5.41, 5.74) is 0.457. The minimum atomic E-state index is -0.567. The molecule has 16 heavy (non-hydrogen) atoms. The standard InChI is InChI=1S/C12H20N2O2/c1-3-16-12(7-4-5-8-12)11(15)10-6-9-13-14(10)2/h6,9,11,15H,3-5,7-8H2,1-2H3. The summed E-state index contributed by atoms with van der Waals surface area (Å²) in [6.45, 7) is 2.63. The van der Waals surface area contributed by atoms with Gasteiger partial charge in [0.25, 0.3) is 0 Å². The van der Waals surface area contributed by atoms with Crippen LogP contribution in [0.5, 0.6) is 0 Å². The molecule has 0 spiro atoms. The molecule has 90 valence electrons. The highest BCUT2D eigenvalue weighted by molar-refractivity contribution is 5.11. The molecule has 0 amide bonds. The van der Waals surface area contributed by atoms with Crippen LogP contribution in [0.4, 0.5) is 0 Å². The summed E-state index contributed by atoms with van der Waals surface area (Å²) in [6, 6.07) is 1.86. The van der Waals surface area contributed by atoms with Crippen LogP contribution in [-0.4, -0.2) is 27.1 Å². The van der Waals surface area contributed by atoms with Crippen LogP contribution in [0.1, 0.15) is 44.4 Å². The molecule has 4 heteroatoms. The van der Waals surface area contributed by atoms with Gasteiger partial charge >= 0.3 is 0 Å². The van der Waals surface area contributed by atoms with Gasteiger partial charge in [0.1, 0.15) is 6.10 Å². The predicted molar refractivity (Wildman–Crippen MR) is 61.0 cm³/mol. The van der Waals surface area contributed by atoms with Crippen LogP contribution in [0.25, 0.3) is 0 Å². The van der Waals surface area contributed by atoms with E-state index in [2.05, 4.69) is 5.10 Å². The topological polar surface area (TPSA) is 47.3 Å². The lowest BCUT2D eigenvalue weighted by Gasteiger charge is -2.34. The maximum atomic E-state index is 10.5. The maximum absolute atomic E-state index is 10.5. The van der Waals surface area contributed by atoms with Crippen molar-refractivity contribution in [2.24, 2.45) is 7.05 Å². The number of ether oxygens (including phenoxy) is 1.